The third-order valence-electron chi connectivity index (χ3n) is 14.4. The van der Waals surface area contributed by atoms with Gasteiger partial charge in [-0.2, -0.15) is 9.97 Å². The monoisotopic (exact) mass is 1030 g/mol. The maximum atomic E-state index is 18.0. The number of carbonyl (C=O) groups is 2. The number of hydrogen-bond donors (Lipinski definition) is 0. The van der Waals surface area contributed by atoms with Crippen molar-refractivity contribution in [1.82, 2.24) is 24.8 Å². The van der Waals surface area contributed by atoms with Gasteiger partial charge in [0.15, 0.2) is 12.6 Å². The number of methoxy groups -OCH3 is 1. The number of hydrogen-bond acceptors (Lipinski definition) is 13. The molecule has 4 aromatic rings. The number of ether oxygens (including phenoxy) is 6. The summed E-state index contributed by atoms with van der Waals surface area (Å²) in [7, 11) is -0.823. The number of fused-ring (bicyclic) bond motifs is 4. The van der Waals surface area contributed by atoms with Gasteiger partial charge in [0.25, 0.3) is 0 Å². The van der Waals surface area contributed by atoms with Gasteiger partial charge < -0.3 is 33.3 Å². The summed E-state index contributed by atoms with van der Waals surface area (Å²) >= 11 is 0. The first-order chi connectivity index (χ1) is 34.5. The average molecular weight is 1030 g/mol. The number of likely N-dealkylation sites (tertiary alicyclic amines) is 1. The van der Waals surface area contributed by atoms with Gasteiger partial charge in [-0.25, -0.2) is 13.6 Å². The fourth-order valence-electron chi connectivity index (χ4n) is 11.3. The Morgan fingerprint density at radius 2 is 1.56 bits per heavy atom. The maximum absolute atomic E-state index is 18.0. The first-order valence-corrected chi connectivity index (χ1v) is 28.4. The minimum atomic E-state index is -2.34. The number of benzene rings is 2. The molecule has 2 aromatic carbocycles. The lowest BCUT2D eigenvalue weighted by Gasteiger charge is -2.42. The molecule has 0 N–H and O–H groups in total. The first-order valence-electron chi connectivity index (χ1n) is 26.2. The fourth-order valence-corrected chi connectivity index (χ4v) is 16.5. The van der Waals surface area contributed by atoms with Crippen LogP contribution in [0.15, 0.2) is 30.5 Å². The highest BCUT2D eigenvalue weighted by atomic mass is 28.3. The highest BCUT2D eigenvalue weighted by Crippen LogP contribution is 2.43. The number of piperazine rings is 1. The van der Waals surface area contributed by atoms with E-state index in [-0.39, 0.29) is 72.8 Å². The van der Waals surface area contributed by atoms with Crippen LogP contribution in [0, 0.1) is 23.1 Å². The maximum Gasteiger partial charge on any atom is 0.410 e. The van der Waals surface area contributed by atoms with Gasteiger partial charge in [0.2, 0.25) is 0 Å². The summed E-state index contributed by atoms with van der Waals surface area (Å²) in [6.07, 6.45) is 5.62. The molecule has 2 unspecified atom stereocenters. The Labute approximate surface area is 432 Å². The molecule has 3 aliphatic rings. The molecule has 0 spiro atoms. The zero-order valence-electron chi connectivity index (χ0n) is 45.5. The van der Waals surface area contributed by atoms with Crippen LogP contribution in [0.25, 0.3) is 32.9 Å². The molecule has 14 nitrogen and oxygen atoms in total. The predicted octanol–water partition coefficient (Wildman–Crippen LogP) is 11.2. The Kier molecular flexibility index (Phi) is 17.6. The summed E-state index contributed by atoms with van der Waals surface area (Å²) in [5.41, 5.74) is 3.78. The SMILES string of the molecule is COCOc1cc(-c2ncc3c(N4CC5CCC(C4)N5C(=O)OC(C)(C)C)nc(OC[C@@H]4CCCN4CCCOCCC(=O)OC(C)(C)C)nc3c2F)c2c(C#C[Si](C(C)C)(C(C)C)C(C)C)c(F)ccc2c1. The number of esters is 1. The molecule has 0 aliphatic carbocycles. The van der Waals surface area contributed by atoms with E-state index in [9.17, 15) is 9.59 Å². The Hall–Kier alpha value is -5.15. The van der Waals surface area contributed by atoms with Crippen molar-refractivity contribution in [2.24, 2.45) is 0 Å². The van der Waals surface area contributed by atoms with E-state index >= 15 is 8.78 Å². The number of pyridine rings is 1. The van der Waals surface area contributed by atoms with Crippen molar-refractivity contribution in [3.8, 4) is 34.5 Å². The number of aromatic nitrogens is 3. The number of rotatable bonds is 18. The molecule has 2 bridgehead atoms. The lowest BCUT2D eigenvalue weighted by molar-refractivity contribution is -0.156. The van der Waals surface area contributed by atoms with Crippen molar-refractivity contribution in [3.05, 3.63) is 47.7 Å². The van der Waals surface area contributed by atoms with Crippen LogP contribution in [0.2, 0.25) is 16.6 Å². The lowest BCUT2D eigenvalue weighted by atomic mass is 9.95. The van der Waals surface area contributed by atoms with Crippen molar-refractivity contribution >= 4 is 47.6 Å². The van der Waals surface area contributed by atoms with Gasteiger partial charge in [0.05, 0.1) is 36.1 Å². The number of halogens is 2. The summed E-state index contributed by atoms with van der Waals surface area (Å²) in [5, 5.41) is 1.38. The average Bonchev–Trinajstić information content (AvgIpc) is 3.87. The molecular weight excluding hydrogens is 951 g/mol. The van der Waals surface area contributed by atoms with E-state index in [4.69, 9.17) is 43.4 Å². The summed E-state index contributed by atoms with van der Waals surface area (Å²) in [4.78, 5) is 46.6. The Morgan fingerprint density at radius 1 is 0.877 bits per heavy atom. The van der Waals surface area contributed by atoms with Crippen molar-refractivity contribution in [2.45, 2.75) is 168 Å². The zero-order valence-corrected chi connectivity index (χ0v) is 46.5. The van der Waals surface area contributed by atoms with Crippen molar-refractivity contribution in [2.75, 3.05) is 64.8 Å². The summed E-state index contributed by atoms with van der Waals surface area (Å²) < 4.78 is 69.2. The molecule has 3 atom stereocenters. The zero-order chi connectivity index (χ0) is 53.0. The van der Waals surface area contributed by atoms with E-state index in [0.717, 1.165) is 45.2 Å². The van der Waals surface area contributed by atoms with Crippen LogP contribution >= 0.6 is 0 Å². The normalized spacial score (nSPS) is 18.6. The molecule has 73 heavy (non-hydrogen) atoms. The Morgan fingerprint density at radius 3 is 2.21 bits per heavy atom. The first kappa shape index (κ1) is 55.6. The third kappa shape index (κ3) is 12.9. The van der Waals surface area contributed by atoms with E-state index in [1.54, 1.807) is 24.4 Å². The van der Waals surface area contributed by atoms with E-state index in [1.165, 1.54) is 13.2 Å². The van der Waals surface area contributed by atoms with Gasteiger partial charge in [-0.05, 0) is 120 Å². The molecule has 3 fully saturated rings. The standard InChI is InChI=1S/C56H78F2N6O8Si/c1-35(2)73(36(3)4,37(5)6)27-22-43-46(57)20-17-38-28-42(70-34-67-13)29-44(48(38)43)50-49(58)51-45(30-59-50)52(63-31-39-18-19-40(32-63)64(39)54(66)72-56(10,11)12)61-53(60-51)69-33-41-16-14-23-62(41)24-15-25-68-26-21-47(65)71-55(7,8)9/h17,20,28-30,35-37,39-41H,14-16,18-19,21,23-26,31-34H2,1-13H3/t39?,40?,41-/m0/s1. The molecule has 3 saturated heterocycles. The van der Waals surface area contributed by atoms with Crippen LogP contribution in [-0.2, 0) is 23.7 Å². The smallest absolute Gasteiger partial charge is 0.410 e. The van der Waals surface area contributed by atoms with Gasteiger partial charge >= 0.3 is 18.1 Å². The molecule has 398 valence electrons. The minimum absolute atomic E-state index is 0.00906. The number of anilines is 1. The molecule has 17 heteroatoms. The second-order valence-electron chi connectivity index (χ2n) is 22.8. The molecule has 0 radical (unpaired) electrons. The van der Waals surface area contributed by atoms with Gasteiger partial charge in [0.1, 0.15) is 54.5 Å². The van der Waals surface area contributed by atoms with Crippen molar-refractivity contribution in [1.29, 1.82) is 0 Å². The molecule has 0 saturated carbocycles. The molecule has 5 heterocycles. The summed E-state index contributed by atoms with van der Waals surface area (Å²) in [6.45, 7) is 27.9. The number of amides is 1. The Balaban J connectivity index is 1.27. The molecule has 3 aliphatic heterocycles. The van der Waals surface area contributed by atoms with Gasteiger partial charge in [-0.1, -0.05) is 53.5 Å². The van der Waals surface area contributed by atoms with E-state index < -0.39 is 30.9 Å². The largest absolute Gasteiger partial charge is 0.468 e. The summed E-state index contributed by atoms with van der Waals surface area (Å²) in [6, 6.07) is 6.24. The Bertz CT molecular complexity index is 2640. The van der Waals surface area contributed by atoms with Crippen LogP contribution in [0.1, 0.15) is 127 Å². The molecular formula is C56H78F2N6O8Si. The number of carbonyl (C=O) groups excluding carboxylic acids is 2. The quantitative estimate of drug-likeness (QED) is 0.0307. The second-order valence-corrected chi connectivity index (χ2v) is 28.4. The predicted molar refractivity (Wildman–Crippen MR) is 284 cm³/mol. The minimum Gasteiger partial charge on any atom is -0.468 e. The lowest BCUT2D eigenvalue weighted by Crippen LogP contribution is -2.57. The third-order valence-corrected chi connectivity index (χ3v) is 20.7. The van der Waals surface area contributed by atoms with Crippen LogP contribution < -0.4 is 14.4 Å². The van der Waals surface area contributed by atoms with Gasteiger partial charge in [-0.15, -0.1) is 5.54 Å². The van der Waals surface area contributed by atoms with Crippen LogP contribution in [-0.4, -0.2) is 134 Å². The number of nitrogens with zero attached hydrogens (tertiary/aromatic N) is 6. The van der Waals surface area contributed by atoms with Gasteiger partial charge in [-0.3, -0.25) is 19.6 Å². The van der Waals surface area contributed by atoms with E-state index in [0.29, 0.717) is 76.2 Å². The van der Waals surface area contributed by atoms with E-state index in [2.05, 4.69) is 62.8 Å². The van der Waals surface area contributed by atoms with Gasteiger partial charge in [0, 0.05) is 56.5 Å². The second kappa shape index (κ2) is 23.2. The highest BCUT2D eigenvalue weighted by Gasteiger charge is 2.46. The van der Waals surface area contributed by atoms with Crippen LogP contribution in [0.3, 0.4) is 0 Å². The molecule has 1 amide bonds. The summed E-state index contributed by atoms with van der Waals surface area (Å²) in [5.74, 6) is 2.64. The molecule has 2 aromatic heterocycles. The highest BCUT2D eigenvalue weighted by molar-refractivity contribution is 6.90. The molecule has 7 rings (SSSR count). The van der Waals surface area contributed by atoms with Crippen LogP contribution in [0.5, 0.6) is 11.8 Å². The fraction of sp³-hybridized carbons (Fsp3) is 0.625. The topological polar surface area (TPSA) is 138 Å². The van der Waals surface area contributed by atoms with Crippen molar-refractivity contribution in [3.63, 3.8) is 0 Å². The van der Waals surface area contributed by atoms with E-state index in [1.807, 2.05) is 46.4 Å². The van der Waals surface area contributed by atoms with Crippen molar-refractivity contribution < 1.29 is 46.8 Å². The van der Waals surface area contributed by atoms with Crippen LogP contribution in [0.4, 0.5) is 19.4 Å².